The van der Waals surface area contributed by atoms with Gasteiger partial charge < -0.3 is 14.6 Å². The number of hydrogen-bond acceptors (Lipinski definition) is 5. The Morgan fingerprint density at radius 3 is 2.52 bits per heavy atom. The fourth-order valence-corrected chi connectivity index (χ4v) is 2.89. The summed E-state index contributed by atoms with van der Waals surface area (Å²) in [4.78, 5) is 10.7. The standard InChI is InChI=1S/C13H19NO6S/c1-9-6-11(4-5-12(9)20-3)21(17,18)14-8-10(19-2)7-13(15)16/h4-6,10,14H,7-8H2,1-3H3,(H,15,16). The van der Waals surface area contributed by atoms with Crippen LogP contribution in [0.25, 0.3) is 0 Å². The molecule has 0 fully saturated rings. The summed E-state index contributed by atoms with van der Waals surface area (Å²) in [6.07, 6.45) is -1.00. The lowest BCUT2D eigenvalue weighted by atomic mass is 10.2. The Labute approximate surface area is 123 Å². The number of ether oxygens (including phenoxy) is 2. The van der Waals surface area contributed by atoms with Crippen LogP contribution in [0.15, 0.2) is 23.1 Å². The normalized spacial score (nSPS) is 12.9. The maximum Gasteiger partial charge on any atom is 0.306 e. The van der Waals surface area contributed by atoms with Crippen LogP contribution < -0.4 is 9.46 Å². The van der Waals surface area contributed by atoms with Gasteiger partial charge in [0.25, 0.3) is 0 Å². The fraction of sp³-hybridized carbons (Fsp3) is 0.462. The van der Waals surface area contributed by atoms with E-state index in [1.807, 2.05) is 0 Å². The summed E-state index contributed by atoms with van der Waals surface area (Å²) < 4.78 is 36.6. The average Bonchev–Trinajstić information content (AvgIpc) is 2.43. The number of carboxylic acid groups (broad SMARTS) is 1. The second-order valence-electron chi connectivity index (χ2n) is 4.44. The van der Waals surface area contributed by atoms with Gasteiger partial charge in [-0.15, -0.1) is 0 Å². The molecule has 118 valence electrons. The molecule has 0 spiro atoms. The summed E-state index contributed by atoms with van der Waals surface area (Å²) in [6.45, 7) is 1.62. The highest BCUT2D eigenvalue weighted by Crippen LogP contribution is 2.21. The molecule has 0 saturated carbocycles. The van der Waals surface area contributed by atoms with E-state index in [9.17, 15) is 13.2 Å². The topological polar surface area (TPSA) is 102 Å². The van der Waals surface area contributed by atoms with Crippen LogP contribution in [0.1, 0.15) is 12.0 Å². The Kier molecular flexibility index (Phi) is 6.13. The van der Waals surface area contributed by atoms with Gasteiger partial charge in [-0.3, -0.25) is 4.79 Å². The van der Waals surface area contributed by atoms with Gasteiger partial charge in [-0.25, -0.2) is 13.1 Å². The molecule has 2 N–H and O–H groups in total. The number of sulfonamides is 1. The molecular weight excluding hydrogens is 298 g/mol. The van der Waals surface area contributed by atoms with Crippen LogP contribution in [0, 0.1) is 6.92 Å². The monoisotopic (exact) mass is 317 g/mol. The summed E-state index contributed by atoms with van der Waals surface area (Å²) in [5.74, 6) is -0.462. The van der Waals surface area contributed by atoms with E-state index in [1.54, 1.807) is 13.0 Å². The summed E-state index contributed by atoms with van der Waals surface area (Å²) in [5.41, 5.74) is 0.689. The molecule has 21 heavy (non-hydrogen) atoms. The zero-order valence-electron chi connectivity index (χ0n) is 12.1. The highest BCUT2D eigenvalue weighted by molar-refractivity contribution is 7.89. The highest BCUT2D eigenvalue weighted by atomic mass is 32.2. The number of rotatable bonds is 8. The van der Waals surface area contributed by atoms with Gasteiger partial charge in [0.2, 0.25) is 10.0 Å². The molecule has 0 aliphatic carbocycles. The Balaban J connectivity index is 2.81. The van der Waals surface area contributed by atoms with Crippen LogP contribution in [0.3, 0.4) is 0 Å². The molecule has 1 aromatic carbocycles. The summed E-state index contributed by atoms with van der Waals surface area (Å²) in [6, 6.07) is 4.47. The minimum Gasteiger partial charge on any atom is -0.496 e. The van der Waals surface area contributed by atoms with Crippen LogP contribution in [0.4, 0.5) is 0 Å². The smallest absolute Gasteiger partial charge is 0.306 e. The Bertz CT molecular complexity index is 599. The van der Waals surface area contributed by atoms with E-state index in [0.29, 0.717) is 11.3 Å². The first kappa shape index (κ1) is 17.4. The molecule has 1 atom stereocenters. The van der Waals surface area contributed by atoms with E-state index in [4.69, 9.17) is 14.6 Å². The molecule has 0 amide bonds. The average molecular weight is 317 g/mol. The van der Waals surface area contributed by atoms with Gasteiger partial charge in [0.15, 0.2) is 0 Å². The first-order valence-corrected chi connectivity index (χ1v) is 7.67. The molecule has 8 heteroatoms. The van der Waals surface area contributed by atoms with Gasteiger partial charge in [0.1, 0.15) is 5.75 Å². The van der Waals surface area contributed by atoms with Crippen molar-refractivity contribution in [2.45, 2.75) is 24.3 Å². The van der Waals surface area contributed by atoms with E-state index < -0.39 is 22.1 Å². The number of carbonyl (C=O) groups is 1. The largest absolute Gasteiger partial charge is 0.496 e. The van der Waals surface area contributed by atoms with E-state index in [2.05, 4.69) is 4.72 Å². The van der Waals surface area contributed by atoms with Crippen LogP contribution >= 0.6 is 0 Å². The van der Waals surface area contributed by atoms with Gasteiger partial charge >= 0.3 is 5.97 Å². The van der Waals surface area contributed by atoms with Crippen LogP contribution in [0.2, 0.25) is 0 Å². The number of aryl methyl sites for hydroxylation is 1. The van der Waals surface area contributed by atoms with E-state index in [0.717, 1.165) is 0 Å². The minimum atomic E-state index is -3.73. The fourth-order valence-electron chi connectivity index (χ4n) is 1.74. The van der Waals surface area contributed by atoms with E-state index in [-0.39, 0.29) is 17.9 Å². The van der Waals surface area contributed by atoms with Crippen molar-refractivity contribution in [3.8, 4) is 5.75 Å². The molecule has 1 unspecified atom stereocenters. The molecule has 0 aromatic heterocycles. The van der Waals surface area contributed by atoms with Gasteiger partial charge in [0, 0.05) is 13.7 Å². The van der Waals surface area contributed by atoms with Crippen molar-refractivity contribution >= 4 is 16.0 Å². The van der Waals surface area contributed by atoms with Crippen molar-refractivity contribution in [3.05, 3.63) is 23.8 Å². The number of aliphatic carboxylic acids is 1. The third-order valence-corrected chi connectivity index (χ3v) is 4.33. The molecule has 0 bridgehead atoms. The van der Waals surface area contributed by atoms with Crippen molar-refractivity contribution in [3.63, 3.8) is 0 Å². The first-order chi connectivity index (χ1) is 9.80. The zero-order chi connectivity index (χ0) is 16.0. The van der Waals surface area contributed by atoms with Gasteiger partial charge in [-0.1, -0.05) is 0 Å². The number of benzene rings is 1. The molecule has 0 aliphatic heterocycles. The van der Waals surface area contributed by atoms with Gasteiger partial charge in [-0.2, -0.15) is 0 Å². The lowest BCUT2D eigenvalue weighted by molar-refractivity contribution is -0.139. The predicted molar refractivity (Wildman–Crippen MR) is 76.0 cm³/mol. The zero-order valence-corrected chi connectivity index (χ0v) is 12.9. The molecular formula is C13H19NO6S. The highest BCUT2D eigenvalue weighted by Gasteiger charge is 2.19. The molecule has 0 radical (unpaired) electrons. The quantitative estimate of drug-likeness (QED) is 0.734. The minimum absolute atomic E-state index is 0.0889. The second-order valence-corrected chi connectivity index (χ2v) is 6.21. The van der Waals surface area contributed by atoms with Crippen molar-refractivity contribution < 1.29 is 27.8 Å². The lowest BCUT2D eigenvalue weighted by Crippen LogP contribution is -2.34. The lowest BCUT2D eigenvalue weighted by Gasteiger charge is -2.14. The van der Waals surface area contributed by atoms with Crippen molar-refractivity contribution in [1.82, 2.24) is 4.72 Å². The molecule has 0 aliphatic rings. The maximum absolute atomic E-state index is 12.1. The third-order valence-electron chi connectivity index (χ3n) is 2.91. The summed E-state index contributed by atoms with van der Waals surface area (Å²) in [5, 5.41) is 8.68. The molecule has 1 rings (SSSR count). The van der Waals surface area contributed by atoms with Gasteiger partial charge in [0.05, 0.1) is 24.5 Å². The van der Waals surface area contributed by atoms with Crippen LogP contribution in [-0.2, 0) is 19.6 Å². The maximum atomic E-state index is 12.1. The summed E-state index contributed by atoms with van der Waals surface area (Å²) in [7, 11) is -0.891. The first-order valence-electron chi connectivity index (χ1n) is 6.19. The molecule has 1 aromatic rings. The van der Waals surface area contributed by atoms with Crippen LogP contribution in [-0.4, -0.2) is 46.4 Å². The van der Waals surface area contributed by atoms with Crippen molar-refractivity contribution in [1.29, 1.82) is 0 Å². The Morgan fingerprint density at radius 1 is 1.38 bits per heavy atom. The van der Waals surface area contributed by atoms with E-state index in [1.165, 1.54) is 26.4 Å². The van der Waals surface area contributed by atoms with Crippen molar-refractivity contribution in [2.75, 3.05) is 20.8 Å². The summed E-state index contributed by atoms with van der Waals surface area (Å²) >= 11 is 0. The molecule has 0 heterocycles. The number of carboxylic acids is 1. The SMILES string of the molecule is COc1ccc(S(=O)(=O)NCC(CC(=O)O)OC)cc1C. The third kappa shape index (κ3) is 5.00. The van der Waals surface area contributed by atoms with Gasteiger partial charge in [-0.05, 0) is 30.7 Å². The number of methoxy groups -OCH3 is 2. The molecule has 7 nitrogen and oxygen atoms in total. The van der Waals surface area contributed by atoms with E-state index >= 15 is 0 Å². The predicted octanol–water partition coefficient (Wildman–Crippen LogP) is 0.772. The number of hydrogen-bond donors (Lipinski definition) is 2. The Morgan fingerprint density at radius 2 is 2.05 bits per heavy atom. The Hall–Kier alpha value is -1.64. The molecule has 0 saturated heterocycles. The van der Waals surface area contributed by atoms with Crippen LogP contribution in [0.5, 0.6) is 5.75 Å². The number of nitrogens with one attached hydrogen (secondary N) is 1. The van der Waals surface area contributed by atoms with Crippen molar-refractivity contribution in [2.24, 2.45) is 0 Å². The second kappa shape index (κ2) is 7.39.